The first-order valence-electron chi connectivity index (χ1n) is 14.5. The molecule has 10 heteroatoms. The number of rotatable bonds is 3. The Labute approximate surface area is 232 Å². The number of nitrogens with one attached hydrogen (secondary N) is 3. The highest BCUT2D eigenvalue weighted by atomic mass is 16.2. The maximum absolute atomic E-state index is 13.1. The van der Waals surface area contributed by atoms with Crippen molar-refractivity contribution in [1.29, 1.82) is 0 Å². The van der Waals surface area contributed by atoms with Crippen LogP contribution in [-0.4, -0.2) is 89.4 Å². The summed E-state index contributed by atoms with van der Waals surface area (Å²) in [5.74, 6) is 1.48. The van der Waals surface area contributed by atoms with Crippen molar-refractivity contribution in [3.63, 3.8) is 0 Å². The Morgan fingerprint density at radius 3 is 2.31 bits per heavy atom. The molecular formula is C29H44N8O2. The van der Waals surface area contributed by atoms with E-state index < -0.39 is 0 Å². The second-order valence-corrected chi connectivity index (χ2v) is 10.8. The molecule has 0 unspecified atom stereocenters. The summed E-state index contributed by atoms with van der Waals surface area (Å²) in [6.45, 7) is 4.32. The molecule has 212 valence electrons. The van der Waals surface area contributed by atoms with E-state index >= 15 is 0 Å². The maximum Gasteiger partial charge on any atom is 0.255 e. The number of hydrogen-bond acceptors (Lipinski definition) is 8. The summed E-state index contributed by atoms with van der Waals surface area (Å²) < 4.78 is 0. The number of aromatic nitrogens is 3. The summed E-state index contributed by atoms with van der Waals surface area (Å²) in [6.07, 6.45) is 13.0. The number of likely N-dealkylation sites (tertiary alicyclic amines) is 1. The van der Waals surface area contributed by atoms with Gasteiger partial charge in [0.1, 0.15) is 5.82 Å². The van der Waals surface area contributed by atoms with Gasteiger partial charge in [0.05, 0.1) is 16.8 Å². The quantitative estimate of drug-likeness (QED) is 0.543. The predicted molar refractivity (Wildman–Crippen MR) is 155 cm³/mol. The Balaban J connectivity index is 1.44. The topological polar surface area (TPSA) is 115 Å². The smallest absolute Gasteiger partial charge is 0.255 e. The molecule has 1 saturated heterocycles. The summed E-state index contributed by atoms with van der Waals surface area (Å²) in [5.41, 5.74) is 2.12. The minimum Gasteiger partial charge on any atom is -0.369 e. The van der Waals surface area contributed by atoms with E-state index in [0.717, 1.165) is 108 Å². The first-order chi connectivity index (χ1) is 19.0. The van der Waals surface area contributed by atoms with Crippen molar-refractivity contribution in [3.05, 3.63) is 30.1 Å². The van der Waals surface area contributed by atoms with E-state index in [4.69, 9.17) is 4.98 Å². The Morgan fingerprint density at radius 1 is 0.897 bits per heavy atom. The fourth-order valence-corrected chi connectivity index (χ4v) is 5.13. The second kappa shape index (κ2) is 14.8. The van der Waals surface area contributed by atoms with Crippen LogP contribution in [0.5, 0.6) is 0 Å². The first kappa shape index (κ1) is 28.7. The molecule has 0 spiro atoms. The molecule has 10 nitrogen and oxygen atoms in total. The van der Waals surface area contributed by atoms with Gasteiger partial charge in [-0.15, -0.1) is 0 Å². The van der Waals surface area contributed by atoms with Gasteiger partial charge in [-0.2, -0.15) is 4.98 Å². The van der Waals surface area contributed by atoms with Gasteiger partial charge in [-0.1, -0.05) is 19.3 Å². The molecule has 39 heavy (non-hydrogen) atoms. The Morgan fingerprint density at radius 2 is 1.59 bits per heavy atom. The van der Waals surface area contributed by atoms with Gasteiger partial charge in [0.15, 0.2) is 0 Å². The number of carbonyl (C=O) groups is 2. The SMILES string of the molecule is CN1CCC(N(C)C(=O)c2ccc(-c3cnc4nc3NCCCCCC(=O)NCCCCCCN4)nc2)CC1. The van der Waals surface area contributed by atoms with Crippen LogP contribution in [0.4, 0.5) is 11.8 Å². The van der Waals surface area contributed by atoms with Gasteiger partial charge in [-0.05, 0) is 70.8 Å². The van der Waals surface area contributed by atoms with Crippen molar-refractivity contribution in [2.45, 2.75) is 70.3 Å². The normalized spacial score (nSPS) is 19.1. The zero-order valence-electron chi connectivity index (χ0n) is 23.5. The van der Waals surface area contributed by atoms with Gasteiger partial charge in [0.2, 0.25) is 11.9 Å². The Kier molecular flexibility index (Phi) is 10.9. The molecule has 2 amide bonds. The fourth-order valence-electron chi connectivity index (χ4n) is 5.13. The number of carbonyl (C=O) groups excluding carboxylic acids is 2. The molecule has 2 aliphatic rings. The summed E-state index contributed by atoms with van der Waals surface area (Å²) in [5, 5.41) is 9.83. The zero-order valence-corrected chi connectivity index (χ0v) is 23.5. The maximum atomic E-state index is 13.1. The largest absolute Gasteiger partial charge is 0.369 e. The lowest BCUT2D eigenvalue weighted by atomic mass is 10.0. The van der Waals surface area contributed by atoms with E-state index in [0.29, 0.717) is 17.9 Å². The second-order valence-electron chi connectivity index (χ2n) is 10.8. The van der Waals surface area contributed by atoms with Crippen LogP contribution in [0.2, 0.25) is 0 Å². The predicted octanol–water partition coefficient (Wildman–Crippen LogP) is 3.78. The Hall–Kier alpha value is -3.27. The molecule has 2 aromatic heterocycles. The molecular weight excluding hydrogens is 492 g/mol. The molecule has 0 radical (unpaired) electrons. The van der Waals surface area contributed by atoms with Crippen LogP contribution in [0.15, 0.2) is 24.5 Å². The third-order valence-electron chi connectivity index (χ3n) is 7.71. The fraction of sp³-hybridized carbons (Fsp3) is 0.621. The van der Waals surface area contributed by atoms with Gasteiger partial charge < -0.3 is 25.8 Å². The van der Waals surface area contributed by atoms with Gasteiger partial charge in [0.25, 0.3) is 5.91 Å². The van der Waals surface area contributed by atoms with Gasteiger partial charge in [-0.3, -0.25) is 14.6 Å². The number of amides is 2. The molecule has 0 aromatic carbocycles. The molecule has 2 bridgehead atoms. The molecule has 4 heterocycles. The van der Waals surface area contributed by atoms with Gasteiger partial charge >= 0.3 is 0 Å². The van der Waals surface area contributed by atoms with Crippen LogP contribution in [0.1, 0.15) is 74.6 Å². The van der Waals surface area contributed by atoms with Crippen LogP contribution in [0.3, 0.4) is 0 Å². The monoisotopic (exact) mass is 536 g/mol. The third kappa shape index (κ3) is 8.61. The lowest BCUT2D eigenvalue weighted by molar-refractivity contribution is -0.121. The van der Waals surface area contributed by atoms with E-state index in [2.05, 4.69) is 37.9 Å². The lowest BCUT2D eigenvalue weighted by Crippen LogP contribution is -2.44. The highest BCUT2D eigenvalue weighted by Gasteiger charge is 2.25. The zero-order chi connectivity index (χ0) is 27.5. The molecule has 2 aliphatic heterocycles. The molecule has 0 aliphatic carbocycles. The average molecular weight is 537 g/mol. The molecule has 2 aromatic rings. The van der Waals surface area contributed by atoms with Crippen molar-refractivity contribution in [3.8, 4) is 11.3 Å². The van der Waals surface area contributed by atoms with Crippen molar-refractivity contribution in [2.75, 3.05) is 57.5 Å². The van der Waals surface area contributed by atoms with Gasteiger partial charge in [0, 0.05) is 51.5 Å². The van der Waals surface area contributed by atoms with E-state index in [9.17, 15) is 9.59 Å². The average Bonchev–Trinajstić information content (AvgIpc) is 2.95. The van der Waals surface area contributed by atoms with Crippen LogP contribution < -0.4 is 16.0 Å². The van der Waals surface area contributed by atoms with Crippen LogP contribution >= 0.6 is 0 Å². The molecule has 3 N–H and O–H groups in total. The van der Waals surface area contributed by atoms with Gasteiger partial charge in [-0.25, -0.2) is 4.98 Å². The molecule has 0 saturated carbocycles. The first-order valence-corrected chi connectivity index (χ1v) is 14.5. The third-order valence-corrected chi connectivity index (χ3v) is 7.71. The van der Waals surface area contributed by atoms with Crippen LogP contribution in [0, 0.1) is 0 Å². The van der Waals surface area contributed by atoms with E-state index in [1.54, 1.807) is 12.4 Å². The van der Waals surface area contributed by atoms with Crippen LogP contribution in [-0.2, 0) is 4.79 Å². The highest BCUT2D eigenvalue weighted by Crippen LogP contribution is 2.26. The summed E-state index contributed by atoms with van der Waals surface area (Å²) in [7, 11) is 4.02. The minimum absolute atomic E-state index is 0.00564. The number of piperidine rings is 1. The number of nitrogens with zero attached hydrogens (tertiary/aromatic N) is 5. The Bertz CT molecular complexity index is 1070. The molecule has 1 fully saturated rings. The highest BCUT2D eigenvalue weighted by molar-refractivity contribution is 5.94. The van der Waals surface area contributed by atoms with E-state index in [1.807, 2.05) is 24.1 Å². The standard InChI is InChI=1S/C29H44N8O2/c1-36-18-13-23(14-19-36)37(2)28(39)22-11-12-25(33-20-22)24-21-34-29-32-17-8-4-3-7-15-30-26(38)10-6-5-9-16-31-27(24)35-29/h11-12,20-21,23H,3-10,13-19H2,1-2H3,(H,30,38)(H2,31,32,34,35). The van der Waals surface area contributed by atoms with Crippen molar-refractivity contribution >= 4 is 23.6 Å². The van der Waals surface area contributed by atoms with Crippen molar-refractivity contribution in [1.82, 2.24) is 30.1 Å². The van der Waals surface area contributed by atoms with Crippen molar-refractivity contribution in [2.24, 2.45) is 0 Å². The van der Waals surface area contributed by atoms with E-state index in [-0.39, 0.29) is 17.9 Å². The number of anilines is 2. The number of hydrogen-bond donors (Lipinski definition) is 3. The minimum atomic E-state index is 0.00564. The summed E-state index contributed by atoms with van der Waals surface area (Å²) in [4.78, 5) is 43.3. The number of pyridine rings is 1. The molecule has 0 atom stereocenters. The molecule has 4 rings (SSSR count). The number of fused-ring (bicyclic) bond motifs is 2. The lowest BCUT2D eigenvalue weighted by Gasteiger charge is -2.35. The van der Waals surface area contributed by atoms with Crippen molar-refractivity contribution < 1.29 is 9.59 Å². The summed E-state index contributed by atoms with van der Waals surface area (Å²) >= 11 is 0. The summed E-state index contributed by atoms with van der Waals surface area (Å²) in [6, 6.07) is 3.99. The van der Waals surface area contributed by atoms with Crippen LogP contribution in [0.25, 0.3) is 11.3 Å². The van der Waals surface area contributed by atoms with E-state index in [1.165, 1.54) is 0 Å².